The molecule has 1 fully saturated rings. The fraction of sp³-hybridized carbons (Fsp3) is 0.459. The van der Waals surface area contributed by atoms with Crippen LogP contribution in [0.2, 0.25) is 5.02 Å². The fourth-order valence-electron chi connectivity index (χ4n) is 6.55. The van der Waals surface area contributed by atoms with Crippen molar-refractivity contribution in [3.8, 4) is 11.5 Å². The van der Waals surface area contributed by atoms with Crippen molar-refractivity contribution < 1.29 is 19.1 Å². The summed E-state index contributed by atoms with van der Waals surface area (Å²) >= 11 is 6.28. The van der Waals surface area contributed by atoms with E-state index in [2.05, 4.69) is 48.5 Å². The molecule has 2 amide bonds. The Labute approximate surface area is 272 Å². The summed E-state index contributed by atoms with van der Waals surface area (Å²) in [5.74, 6) is 2.06. The van der Waals surface area contributed by atoms with Gasteiger partial charge in [0.05, 0.1) is 25.7 Å². The van der Waals surface area contributed by atoms with Gasteiger partial charge in [-0.15, -0.1) is 0 Å². The molecule has 5 rings (SSSR count). The van der Waals surface area contributed by atoms with E-state index in [9.17, 15) is 9.59 Å². The molecule has 2 atom stereocenters. The van der Waals surface area contributed by atoms with Gasteiger partial charge in [0.2, 0.25) is 11.8 Å². The van der Waals surface area contributed by atoms with E-state index in [0.29, 0.717) is 34.9 Å². The zero-order valence-corrected chi connectivity index (χ0v) is 27.9. The fourth-order valence-corrected chi connectivity index (χ4v) is 6.68. The molecule has 1 saturated carbocycles. The van der Waals surface area contributed by atoms with Crippen LogP contribution in [0.15, 0.2) is 60.7 Å². The van der Waals surface area contributed by atoms with E-state index in [1.807, 2.05) is 55.1 Å². The lowest BCUT2D eigenvalue weighted by Gasteiger charge is -2.38. The van der Waals surface area contributed by atoms with Gasteiger partial charge in [0, 0.05) is 42.5 Å². The van der Waals surface area contributed by atoms with Crippen LogP contribution < -0.4 is 24.6 Å². The Balaban J connectivity index is 1.39. The summed E-state index contributed by atoms with van der Waals surface area (Å²) in [6.45, 7) is 6.99. The van der Waals surface area contributed by atoms with E-state index in [4.69, 9.17) is 21.1 Å². The molecule has 7 nitrogen and oxygen atoms in total. The molecule has 0 bridgehead atoms. The number of benzene rings is 3. The summed E-state index contributed by atoms with van der Waals surface area (Å²) in [7, 11) is 3.76. The minimum atomic E-state index is -0.351. The molecule has 2 aliphatic rings. The Bertz CT molecular complexity index is 1470. The molecule has 1 aliphatic heterocycles. The second-order valence-electron chi connectivity index (χ2n) is 12.5. The molecule has 3 aromatic rings. The lowest BCUT2D eigenvalue weighted by molar-refractivity contribution is -0.121. The average molecular weight is 632 g/mol. The molecule has 3 aromatic carbocycles. The second-order valence-corrected chi connectivity index (χ2v) is 12.9. The van der Waals surface area contributed by atoms with Crippen molar-refractivity contribution in [3.63, 3.8) is 0 Å². The van der Waals surface area contributed by atoms with Crippen molar-refractivity contribution in [1.82, 2.24) is 5.32 Å². The van der Waals surface area contributed by atoms with E-state index in [-0.39, 0.29) is 30.4 Å². The maximum atomic E-state index is 13.9. The van der Waals surface area contributed by atoms with Crippen LogP contribution in [0, 0.1) is 5.92 Å². The Hall–Kier alpha value is -3.71. The highest BCUT2D eigenvalue weighted by Crippen LogP contribution is 2.44. The summed E-state index contributed by atoms with van der Waals surface area (Å²) in [6.07, 6.45) is 5.97. The number of fused-ring (bicyclic) bond motifs is 1. The van der Waals surface area contributed by atoms with Crippen molar-refractivity contribution in [3.05, 3.63) is 82.4 Å². The third kappa shape index (κ3) is 7.58. The van der Waals surface area contributed by atoms with Gasteiger partial charge < -0.3 is 24.6 Å². The first kappa shape index (κ1) is 32.7. The van der Waals surface area contributed by atoms with Crippen molar-refractivity contribution in [2.75, 3.05) is 30.5 Å². The highest BCUT2D eigenvalue weighted by atomic mass is 35.5. The number of hydrogen-bond acceptors (Lipinski definition) is 5. The first-order chi connectivity index (χ1) is 21.7. The number of carbonyl (C=O) groups excluding carboxylic acids is 2. The monoisotopic (exact) mass is 631 g/mol. The normalized spacial score (nSPS) is 20.3. The van der Waals surface area contributed by atoms with Crippen LogP contribution in [0.4, 0.5) is 11.4 Å². The van der Waals surface area contributed by atoms with Crippen LogP contribution in [0.1, 0.15) is 82.0 Å². The first-order valence-electron chi connectivity index (χ1n) is 16.3. The molecule has 0 radical (unpaired) electrons. The molecule has 1 aliphatic carbocycles. The number of halogens is 1. The molecule has 0 spiro atoms. The zero-order valence-electron chi connectivity index (χ0n) is 27.1. The number of carbonyl (C=O) groups is 2. The molecule has 0 aromatic heterocycles. The summed E-state index contributed by atoms with van der Waals surface area (Å²) in [4.78, 5) is 29.9. The number of nitrogens with zero attached hydrogens (tertiary/aromatic N) is 2. The first-order valence-corrected chi connectivity index (χ1v) is 16.6. The standard InChI is InChI=1S/C37H46ClN3O4/c1-6-24(3)45-34-22-32-27(20-33(34)44-5)21-36(43)41(37(32)26-10-12-28(38)13-11-26)31-18-16-30(17-19-31)40(4)23-25-8-14-29(15-9-25)39-35(42)7-2/h10-13,16-20,22,24-25,29,37H,6-9,14-15,21,23H2,1-5H3,(H,39,42)/t24?,25?,29?,37-/m0/s1. The molecule has 1 unspecified atom stereocenters. The number of hydrogen-bond donors (Lipinski definition) is 1. The zero-order chi connectivity index (χ0) is 32.1. The lowest BCUT2D eigenvalue weighted by atomic mass is 9.85. The smallest absolute Gasteiger partial charge is 0.232 e. The van der Waals surface area contributed by atoms with E-state index in [1.165, 1.54) is 0 Å². The van der Waals surface area contributed by atoms with Gasteiger partial charge in [0.15, 0.2) is 11.5 Å². The number of rotatable bonds is 11. The van der Waals surface area contributed by atoms with Crippen molar-refractivity contribution >= 4 is 34.8 Å². The molecule has 0 saturated heterocycles. The molecule has 1 heterocycles. The van der Waals surface area contributed by atoms with Gasteiger partial charge in [-0.1, -0.05) is 37.6 Å². The molecular formula is C37H46ClN3O4. The summed E-state index contributed by atoms with van der Waals surface area (Å²) in [5, 5.41) is 3.80. The number of amides is 2. The summed E-state index contributed by atoms with van der Waals surface area (Å²) in [6, 6.07) is 20.0. The van der Waals surface area contributed by atoms with E-state index in [1.54, 1.807) is 7.11 Å². The van der Waals surface area contributed by atoms with Crippen LogP contribution >= 0.6 is 11.6 Å². The Kier molecular flexibility index (Phi) is 10.6. The summed E-state index contributed by atoms with van der Waals surface area (Å²) < 4.78 is 12.0. The Morgan fingerprint density at radius 2 is 1.71 bits per heavy atom. The number of nitrogens with one attached hydrogen (secondary N) is 1. The molecule has 45 heavy (non-hydrogen) atoms. The van der Waals surface area contributed by atoms with Crippen LogP contribution in [0.5, 0.6) is 11.5 Å². The van der Waals surface area contributed by atoms with Crippen molar-refractivity contribution in [1.29, 1.82) is 0 Å². The average Bonchev–Trinajstić information content (AvgIpc) is 3.05. The minimum absolute atomic E-state index is 0.0214. The largest absolute Gasteiger partial charge is 0.493 e. The third-order valence-corrected chi connectivity index (χ3v) is 9.56. The van der Waals surface area contributed by atoms with E-state index < -0.39 is 0 Å². The van der Waals surface area contributed by atoms with Crippen LogP contribution in [-0.4, -0.2) is 44.7 Å². The maximum Gasteiger partial charge on any atom is 0.232 e. The molecule has 1 N–H and O–H groups in total. The lowest BCUT2D eigenvalue weighted by Crippen LogP contribution is -2.41. The van der Waals surface area contributed by atoms with E-state index >= 15 is 0 Å². The van der Waals surface area contributed by atoms with E-state index in [0.717, 1.165) is 66.7 Å². The van der Waals surface area contributed by atoms with Crippen molar-refractivity contribution in [2.24, 2.45) is 5.92 Å². The number of ether oxygens (including phenoxy) is 2. The van der Waals surface area contributed by atoms with Gasteiger partial charge in [0.25, 0.3) is 0 Å². The van der Waals surface area contributed by atoms with Crippen molar-refractivity contribution in [2.45, 2.75) is 83.9 Å². The predicted octanol–water partition coefficient (Wildman–Crippen LogP) is 7.73. The Morgan fingerprint density at radius 1 is 1.02 bits per heavy atom. The van der Waals surface area contributed by atoms with Gasteiger partial charge >= 0.3 is 0 Å². The maximum absolute atomic E-state index is 13.9. The number of methoxy groups -OCH3 is 1. The van der Waals surface area contributed by atoms with Crippen LogP contribution in [-0.2, 0) is 16.0 Å². The molecule has 240 valence electrons. The quantitative estimate of drug-likeness (QED) is 0.235. The van der Waals surface area contributed by atoms with Crippen LogP contribution in [0.25, 0.3) is 0 Å². The molecule has 8 heteroatoms. The van der Waals surface area contributed by atoms with Gasteiger partial charge in [-0.25, -0.2) is 0 Å². The molecular weight excluding hydrogens is 586 g/mol. The summed E-state index contributed by atoms with van der Waals surface area (Å²) in [5.41, 5.74) is 4.88. The topological polar surface area (TPSA) is 71.1 Å². The minimum Gasteiger partial charge on any atom is -0.493 e. The Morgan fingerprint density at radius 3 is 2.33 bits per heavy atom. The highest BCUT2D eigenvalue weighted by Gasteiger charge is 2.36. The predicted molar refractivity (Wildman–Crippen MR) is 182 cm³/mol. The van der Waals surface area contributed by atoms with Gasteiger partial charge in [-0.05, 0) is 110 Å². The number of anilines is 2. The van der Waals surface area contributed by atoms with Crippen LogP contribution in [0.3, 0.4) is 0 Å². The highest BCUT2D eigenvalue weighted by molar-refractivity contribution is 6.30. The SMILES string of the molecule is CCC(=O)NC1CCC(CN(C)c2ccc(N3C(=O)Cc4cc(OC)c(OC(C)CC)cc4[C@@H]3c3ccc(Cl)cc3)cc2)CC1. The van der Waals surface area contributed by atoms with Gasteiger partial charge in [0.1, 0.15) is 0 Å². The van der Waals surface area contributed by atoms with Gasteiger partial charge in [-0.2, -0.15) is 0 Å². The van der Waals surface area contributed by atoms with Gasteiger partial charge in [-0.3, -0.25) is 9.59 Å². The second kappa shape index (κ2) is 14.6. The third-order valence-electron chi connectivity index (χ3n) is 9.31.